The predicted octanol–water partition coefficient (Wildman–Crippen LogP) is 4.19. The Morgan fingerprint density at radius 2 is 1.72 bits per heavy atom. The summed E-state index contributed by atoms with van der Waals surface area (Å²) in [5.41, 5.74) is 6.70. The Morgan fingerprint density at radius 3 is 2.40 bits per heavy atom. The number of rotatable bonds is 3. The molecule has 0 unspecified atom stereocenters. The minimum Gasteiger partial charge on any atom is -0.507 e. The standard InChI is InChI=1S/C17H13F3N4O/c18-17(19,20)10-1-4-12(5-2-10)23-16-22-8-7-14(24-16)13-9-11(21)3-6-15(13)25/h1-9,25H,21H2,(H,22,23,24). The Morgan fingerprint density at radius 1 is 1.00 bits per heavy atom. The lowest BCUT2D eigenvalue weighted by Crippen LogP contribution is -2.04. The van der Waals surface area contributed by atoms with Gasteiger partial charge in [-0.25, -0.2) is 9.97 Å². The van der Waals surface area contributed by atoms with E-state index in [4.69, 9.17) is 5.73 Å². The van der Waals surface area contributed by atoms with Crippen LogP contribution in [-0.2, 0) is 6.18 Å². The lowest BCUT2D eigenvalue weighted by molar-refractivity contribution is -0.137. The van der Waals surface area contributed by atoms with Crippen LogP contribution in [0.3, 0.4) is 0 Å². The largest absolute Gasteiger partial charge is 0.507 e. The number of benzene rings is 2. The first-order valence-corrected chi connectivity index (χ1v) is 7.19. The number of nitrogen functional groups attached to an aromatic ring is 1. The van der Waals surface area contributed by atoms with Crippen molar-refractivity contribution in [3.63, 3.8) is 0 Å². The third-order valence-electron chi connectivity index (χ3n) is 3.42. The van der Waals surface area contributed by atoms with Crippen molar-refractivity contribution >= 4 is 17.3 Å². The molecule has 0 aliphatic rings. The van der Waals surface area contributed by atoms with E-state index in [1.54, 1.807) is 18.2 Å². The minimum atomic E-state index is -4.39. The lowest BCUT2D eigenvalue weighted by atomic mass is 10.1. The van der Waals surface area contributed by atoms with Crippen molar-refractivity contribution in [2.75, 3.05) is 11.1 Å². The molecule has 0 atom stereocenters. The average molecular weight is 346 g/mol. The number of halogens is 3. The van der Waals surface area contributed by atoms with Gasteiger partial charge in [-0.3, -0.25) is 0 Å². The maximum atomic E-state index is 12.6. The van der Waals surface area contributed by atoms with Crippen LogP contribution in [0.2, 0.25) is 0 Å². The van der Waals surface area contributed by atoms with Gasteiger partial charge >= 0.3 is 6.18 Å². The number of nitrogens with one attached hydrogen (secondary N) is 1. The van der Waals surface area contributed by atoms with Gasteiger partial charge in [0.2, 0.25) is 5.95 Å². The molecule has 0 amide bonds. The molecule has 5 nitrogen and oxygen atoms in total. The highest BCUT2D eigenvalue weighted by Gasteiger charge is 2.29. The normalized spacial score (nSPS) is 11.3. The van der Waals surface area contributed by atoms with Gasteiger partial charge in [0.05, 0.1) is 11.3 Å². The predicted molar refractivity (Wildman–Crippen MR) is 88.3 cm³/mol. The monoisotopic (exact) mass is 346 g/mol. The summed E-state index contributed by atoms with van der Waals surface area (Å²) >= 11 is 0. The highest BCUT2D eigenvalue weighted by Crippen LogP contribution is 2.31. The van der Waals surface area contributed by atoms with Crippen LogP contribution >= 0.6 is 0 Å². The van der Waals surface area contributed by atoms with Gasteiger partial charge in [-0.05, 0) is 48.5 Å². The molecular formula is C17H13F3N4O. The molecule has 0 bridgehead atoms. The smallest absolute Gasteiger partial charge is 0.416 e. The topological polar surface area (TPSA) is 84.1 Å². The summed E-state index contributed by atoms with van der Waals surface area (Å²) in [6.07, 6.45) is -2.92. The van der Waals surface area contributed by atoms with E-state index in [-0.39, 0.29) is 11.7 Å². The van der Waals surface area contributed by atoms with Gasteiger partial charge in [-0.15, -0.1) is 0 Å². The van der Waals surface area contributed by atoms with Gasteiger partial charge in [0.1, 0.15) is 5.75 Å². The van der Waals surface area contributed by atoms with Crippen molar-refractivity contribution in [3.05, 3.63) is 60.3 Å². The van der Waals surface area contributed by atoms with Gasteiger partial charge < -0.3 is 16.2 Å². The van der Waals surface area contributed by atoms with E-state index < -0.39 is 11.7 Å². The number of nitrogens with two attached hydrogens (primary N) is 1. The minimum absolute atomic E-state index is 0.00776. The van der Waals surface area contributed by atoms with E-state index in [2.05, 4.69) is 15.3 Å². The van der Waals surface area contributed by atoms with Gasteiger partial charge in [0.25, 0.3) is 0 Å². The summed E-state index contributed by atoms with van der Waals surface area (Å²) in [6.45, 7) is 0. The quantitative estimate of drug-likeness (QED) is 0.489. The molecule has 0 saturated carbocycles. The maximum Gasteiger partial charge on any atom is 0.416 e. The molecule has 3 aromatic rings. The van der Waals surface area contributed by atoms with Crippen molar-refractivity contribution in [1.29, 1.82) is 0 Å². The molecule has 1 aromatic heterocycles. The average Bonchev–Trinajstić information content (AvgIpc) is 2.57. The Hall–Kier alpha value is -3.29. The second-order valence-electron chi connectivity index (χ2n) is 5.24. The van der Waals surface area contributed by atoms with E-state index in [0.717, 1.165) is 12.1 Å². The Balaban J connectivity index is 1.86. The lowest BCUT2D eigenvalue weighted by Gasteiger charge is -2.10. The Labute approximate surface area is 141 Å². The fourth-order valence-corrected chi connectivity index (χ4v) is 2.20. The van der Waals surface area contributed by atoms with Gasteiger partial charge in [-0.1, -0.05) is 0 Å². The molecule has 0 saturated heterocycles. The molecule has 2 aromatic carbocycles. The number of aromatic nitrogens is 2. The molecule has 0 aliphatic heterocycles. The van der Waals surface area contributed by atoms with Crippen LogP contribution in [0.5, 0.6) is 5.75 Å². The number of nitrogens with zero attached hydrogens (tertiary/aromatic N) is 2. The second-order valence-corrected chi connectivity index (χ2v) is 5.24. The molecule has 0 spiro atoms. The van der Waals surface area contributed by atoms with Crippen LogP contribution in [-0.4, -0.2) is 15.1 Å². The SMILES string of the molecule is Nc1ccc(O)c(-c2ccnc(Nc3ccc(C(F)(F)F)cc3)n2)c1. The van der Waals surface area contributed by atoms with Crippen molar-refractivity contribution in [2.45, 2.75) is 6.18 Å². The highest BCUT2D eigenvalue weighted by atomic mass is 19.4. The number of anilines is 3. The van der Waals surface area contributed by atoms with Crippen molar-refractivity contribution < 1.29 is 18.3 Å². The van der Waals surface area contributed by atoms with Gasteiger partial charge in [0.15, 0.2) is 0 Å². The summed E-state index contributed by atoms with van der Waals surface area (Å²) in [4.78, 5) is 8.28. The Bertz CT molecular complexity index is 895. The van der Waals surface area contributed by atoms with E-state index >= 15 is 0 Å². The molecule has 25 heavy (non-hydrogen) atoms. The summed E-state index contributed by atoms with van der Waals surface area (Å²) in [5, 5.41) is 12.8. The number of phenolic OH excluding ortho intramolecular Hbond substituents is 1. The fourth-order valence-electron chi connectivity index (χ4n) is 2.20. The van der Waals surface area contributed by atoms with Gasteiger partial charge in [0, 0.05) is 23.1 Å². The molecular weight excluding hydrogens is 333 g/mol. The summed E-state index contributed by atoms with van der Waals surface area (Å²) in [7, 11) is 0. The summed E-state index contributed by atoms with van der Waals surface area (Å²) in [5.74, 6) is 0.187. The zero-order valence-electron chi connectivity index (χ0n) is 12.7. The summed E-state index contributed by atoms with van der Waals surface area (Å²) < 4.78 is 37.7. The maximum absolute atomic E-state index is 12.6. The third kappa shape index (κ3) is 3.79. The van der Waals surface area contributed by atoms with Crippen LogP contribution in [0.1, 0.15) is 5.56 Å². The molecule has 4 N–H and O–H groups in total. The number of alkyl halides is 3. The van der Waals surface area contributed by atoms with Crippen LogP contribution < -0.4 is 11.1 Å². The van der Waals surface area contributed by atoms with Crippen LogP contribution in [0, 0.1) is 0 Å². The van der Waals surface area contributed by atoms with E-state index in [0.29, 0.717) is 22.6 Å². The molecule has 0 radical (unpaired) electrons. The fraction of sp³-hybridized carbons (Fsp3) is 0.0588. The molecule has 0 fully saturated rings. The first-order valence-electron chi connectivity index (χ1n) is 7.19. The van der Waals surface area contributed by atoms with E-state index in [1.807, 2.05) is 0 Å². The molecule has 3 rings (SSSR count). The number of hydrogen-bond donors (Lipinski definition) is 3. The van der Waals surface area contributed by atoms with E-state index in [1.165, 1.54) is 24.4 Å². The van der Waals surface area contributed by atoms with E-state index in [9.17, 15) is 18.3 Å². The van der Waals surface area contributed by atoms with Crippen molar-refractivity contribution in [3.8, 4) is 17.0 Å². The second kappa shape index (κ2) is 6.31. The zero-order chi connectivity index (χ0) is 18.0. The summed E-state index contributed by atoms with van der Waals surface area (Å²) in [6, 6.07) is 10.7. The molecule has 1 heterocycles. The van der Waals surface area contributed by atoms with Crippen LogP contribution in [0.15, 0.2) is 54.7 Å². The first kappa shape index (κ1) is 16.6. The van der Waals surface area contributed by atoms with Crippen LogP contribution in [0.25, 0.3) is 11.3 Å². The molecule has 0 aliphatic carbocycles. The van der Waals surface area contributed by atoms with Crippen molar-refractivity contribution in [1.82, 2.24) is 9.97 Å². The van der Waals surface area contributed by atoms with Gasteiger partial charge in [-0.2, -0.15) is 13.2 Å². The number of aromatic hydroxyl groups is 1. The highest BCUT2D eigenvalue weighted by molar-refractivity contribution is 5.71. The first-order chi connectivity index (χ1) is 11.8. The number of hydrogen-bond acceptors (Lipinski definition) is 5. The third-order valence-corrected chi connectivity index (χ3v) is 3.42. The number of phenols is 1. The zero-order valence-corrected chi connectivity index (χ0v) is 12.7. The van der Waals surface area contributed by atoms with Crippen molar-refractivity contribution in [2.24, 2.45) is 0 Å². The molecule has 128 valence electrons. The van der Waals surface area contributed by atoms with Crippen LogP contribution in [0.4, 0.5) is 30.5 Å². The Kier molecular flexibility index (Phi) is 4.18. The molecule has 8 heteroatoms.